The van der Waals surface area contributed by atoms with Gasteiger partial charge >= 0.3 is 0 Å². The number of rotatable bonds is 4. The van der Waals surface area contributed by atoms with Crippen LogP contribution in [0.4, 0.5) is 5.69 Å². The lowest BCUT2D eigenvalue weighted by atomic mass is 10.1. The van der Waals surface area contributed by atoms with Crippen LogP contribution in [0.2, 0.25) is 10.0 Å². The molecule has 0 aromatic heterocycles. The first kappa shape index (κ1) is 17.3. The van der Waals surface area contributed by atoms with Crippen molar-refractivity contribution in [2.45, 2.75) is 6.92 Å². The quantitative estimate of drug-likeness (QED) is 0.580. The molecule has 1 N–H and O–H groups in total. The standard InChI is InChI=1S/C20H15Cl2NO2/c1-13-4-2-3-5-17(13)20(24)23-15-7-9-16(10-8-15)25-19-11-6-14(21)12-18(19)22/h2-12H,1H3,(H,23,24). The van der Waals surface area contributed by atoms with E-state index in [1.165, 1.54) is 0 Å². The van der Waals surface area contributed by atoms with Crippen molar-refractivity contribution in [1.82, 2.24) is 0 Å². The number of amides is 1. The van der Waals surface area contributed by atoms with Crippen LogP contribution in [-0.2, 0) is 0 Å². The van der Waals surface area contributed by atoms with Crippen LogP contribution >= 0.6 is 23.2 Å². The normalized spacial score (nSPS) is 10.4. The second kappa shape index (κ2) is 7.60. The summed E-state index contributed by atoms with van der Waals surface area (Å²) in [6.07, 6.45) is 0. The number of benzene rings is 3. The largest absolute Gasteiger partial charge is 0.456 e. The second-order valence-corrected chi connectivity index (χ2v) is 6.31. The molecular weight excluding hydrogens is 357 g/mol. The van der Waals surface area contributed by atoms with Crippen molar-refractivity contribution in [2.24, 2.45) is 0 Å². The van der Waals surface area contributed by atoms with Gasteiger partial charge in [-0.15, -0.1) is 0 Å². The molecule has 0 aliphatic heterocycles. The Hall–Kier alpha value is -2.49. The molecule has 1 amide bonds. The molecule has 25 heavy (non-hydrogen) atoms. The van der Waals surface area contributed by atoms with Gasteiger partial charge in [0.1, 0.15) is 11.5 Å². The smallest absolute Gasteiger partial charge is 0.255 e. The Bertz CT molecular complexity index is 908. The van der Waals surface area contributed by atoms with Gasteiger partial charge in [0.25, 0.3) is 5.91 Å². The van der Waals surface area contributed by atoms with Gasteiger partial charge in [0.15, 0.2) is 0 Å². The van der Waals surface area contributed by atoms with Gasteiger partial charge in [-0.3, -0.25) is 4.79 Å². The van der Waals surface area contributed by atoms with Crippen molar-refractivity contribution in [1.29, 1.82) is 0 Å². The van der Waals surface area contributed by atoms with E-state index in [9.17, 15) is 4.79 Å². The molecular formula is C20H15Cl2NO2. The predicted octanol–water partition coefficient (Wildman–Crippen LogP) is 6.35. The number of hydrogen-bond acceptors (Lipinski definition) is 2. The van der Waals surface area contributed by atoms with Crippen LogP contribution < -0.4 is 10.1 Å². The lowest BCUT2D eigenvalue weighted by molar-refractivity contribution is 0.102. The Morgan fingerprint density at radius 2 is 1.68 bits per heavy atom. The van der Waals surface area contributed by atoms with Gasteiger partial charge in [-0.05, 0) is 61.0 Å². The number of carbonyl (C=O) groups excluding carboxylic acids is 1. The number of hydrogen-bond donors (Lipinski definition) is 1. The molecule has 0 radical (unpaired) electrons. The maximum absolute atomic E-state index is 12.3. The summed E-state index contributed by atoms with van der Waals surface area (Å²) in [6.45, 7) is 1.90. The molecule has 0 saturated carbocycles. The molecule has 0 atom stereocenters. The van der Waals surface area contributed by atoms with Gasteiger partial charge in [-0.2, -0.15) is 0 Å². The van der Waals surface area contributed by atoms with Gasteiger partial charge in [0.2, 0.25) is 0 Å². The van der Waals surface area contributed by atoms with E-state index in [4.69, 9.17) is 27.9 Å². The van der Waals surface area contributed by atoms with Crippen LogP contribution in [-0.4, -0.2) is 5.91 Å². The average molecular weight is 372 g/mol. The zero-order valence-electron chi connectivity index (χ0n) is 13.4. The first-order chi connectivity index (χ1) is 12.0. The van der Waals surface area contributed by atoms with Crippen molar-refractivity contribution in [2.75, 3.05) is 5.32 Å². The summed E-state index contributed by atoms with van der Waals surface area (Å²) in [5.41, 5.74) is 2.26. The first-order valence-corrected chi connectivity index (χ1v) is 8.38. The second-order valence-electron chi connectivity index (χ2n) is 5.47. The van der Waals surface area contributed by atoms with E-state index in [-0.39, 0.29) is 5.91 Å². The summed E-state index contributed by atoms with van der Waals surface area (Å²) in [6, 6.07) is 19.6. The van der Waals surface area contributed by atoms with Crippen LogP contribution in [0, 0.1) is 6.92 Å². The molecule has 5 heteroatoms. The summed E-state index contributed by atoms with van der Waals surface area (Å²) in [4.78, 5) is 12.3. The number of halogens is 2. The lowest BCUT2D eigenvalue weighted by Gasteiger charge is -2.10. The fourth-order valence-corrected chi connectivity index (χ4v) is 2.76. The number of ether oxygens (including phenoxy) is 1. The van der Waals surface area contributed by atoms with Crippen molar-refractivity contribution in [3.63, 3.8) is 0 Å². The monoisotopic (exact) mass is 371 g/mol. The molecule has 3 nitrogen and oxygen atoms in total. The van der Waals surface area contributed by atoms with Gasteiger partial charge in [-0.25, -0.2) is 0 Å². The minimum absolute atomic E-state index is 0.146. The highest BCUT2D eigenvalue weighted by Gasteiger charge is 2.09. The van der Waals surface area contributed by atoms with Gasteiger partial charge in [0, 0.05) is 16.3 Å². The highest BCUT2D eigenvalue weighted by atomic mass is 35.5. The fourth-order valence-electron chi connectivity index (χ4n) is 2.32. The Kier molecular flexibility index (Phi) is 5.27. The maximum atomic E-state index is 12.3. The van der Waals surface area contributed by atoms with E-state index in [1.807, 2.05) is 25.1 Å². The van der Waals surface area contributed by atoms with Crippen LogP contribution in [0.25, 0.3) is 0 Å². The van der Waals surface area contributed by atoms with E-state index in [2.05, 4.69) is 5.32 Å². The van der Waals surface area contributed by atoms with Crippen LogP contribution in [0.1, 0.15) is 15.9 Å². The third-order valence-corrected chi connectivity index (χ3v) is 4.15. The highest BCUT2D eigenvalue weighted by molar-refractivity contribution is 6.35. The van der Waals surface area contributed by atoms with Gasteiger partial charge < -0.3 is 10.1 Å². The molecule has 0 bridgehead atoms. The van der Waals surface area contributed by atoms with E-state index in [0.29, 0.717) is 32.8 Å². The van der Waals surface area contributed by atoms with Crippen molar-refractivity contribution in [3.05, 3.63) is 87.9 Å². The summed E-state index contributed by atoms with van der Waals surface area (Å²) in [5, 5.41) is 3.85. The number of anilines is 1. The molecule has 3 rings (SSSR count). The van der Waals surface area contributed by atoms with E-state index < -0.39 is 0 Å². The van der Waals surface area contributed by atoms with Crippen molar-refractivity contribution >= 4 is 34.8 Å². The third-order valence-electron chi connectivity index (χ3n) is 3.62. The predicted molar refractivity (Wildman–Crippen MR) is 102 cm³/mol. The number of nitrogens with one attached hydrogen (secondary N) is 1. The van der Waals surface area contributed by atoms with E-state index in [0.717, 1.165) is 5.56 Å². The summed E-state index contributed by atoms with van der Waals surface area (Å²) >= 11 is 12.0. The molecule has 126 valence electrons. The molecule has 0 unspecified atom stereocenters. The van der Waals surface area contributed by atoms with Gasteiger partial charge in [0.05, 0.1) is 5.02 Å². The van der Waals surface area contributed by atoms with Crippen molar-refractivity contribution in [3.8, 4) is 11.5 Å². The molecule has 0 aliphatic carbocycles. The number of aryl methyl sites for hydroxylation is 1. The van der Waals surface area contributed by atoms with E-state index >= 15 is 0 Å². The third kappa shape index (κ3) is 4.32. The Balaban J connectivity index is 1.70. The van der Waals surface area contributed by atoms with Crippen molar-refractivity contribution < 1.29 is 9.53 Å². The molecule has 3 aromatic rings. The summed E-state index contributed by atoms with van der Waals surface area (Å²) in [5.74, 6) is 0.980. The SMILES string of the molecule is Cc1ccccc1C(=O)Nc1ccc(Oc2ccc(Cl)cc2Cl)cc1. The Morgan fingerprint density at radius 3 is 2.36 bits per heavy atom. The Labute approximate surface area is 156 Å². The molecule has 0 saturated heterocycles. The zero-order chi connectivity index (χ0) is 17.8. The van der Waals surface area contributed by atoms with Crippen LogP contribution in [0.15, 0.2) is 66.7 Å². The van der Waals surface area contributed by atoms with Crippen LogP contribution in [0.5, 0.6) is 11.5 Å². The molecule has 0 aliphatic rings. The molecule has 0 heterocycles. The Morgan fingerprint density at radius 1 is 0.960 bits per heavy atom. The van der Waals surface area contributed by atoms with E-state index in [1.54, 1.807) is 48.5 Å². The fraction of sp³-hybridized carbons (Fsp3) is 0.0500. The summed E-state index contributed by atoms with van der Waals surface area (Å²) < 4.78 is 5.72. The zero-order valence-corrected chi connectivity index (χ0v) is 14.9. The summed E-state index contributed by atoms with van der Waals surface area (Å²) in [7, 11) is 0. The molecule has 3 aromatic carbocycles. The topological polar surface area (TPSA) is 38.3 Å². The molecule has 0 fully saturated rings. The first-order valence-electron chi connectivity index (χ1n) is 7.63. The van der Waals surface area contributed by atoms with Crippen LogP contribution in [0.3, 0.4) is 0 Å². The minimum Gasteiger partial charge on any atom is -0.456 e. The average Bonchev–Trinajstić information content (AvgIpc) is 2.59. The lowest BCUT2D eigenvalue weighted by Crippen LogP contribution is -2.13. The highest BCUT2D eigenvalue weighted by Crippen LogP contribution is 2.32. The van der Waals surface area contributed by atoms with Gasteiger partial charge in [-0.1, -0.05) is 41.4 Å². The number of carbonyl (C=O) groups is 1. The molecule has 0 spiro atoms. The minimum atomic E-state index is -0.146. The maximum Gasteiger partial charge on any atom is 0.255 e.